The molecular weight excluding hydrogens is 186 g/mol. The van der Waals surface area contributed by atoms with Gasteiger partial charge in [0.05, 0.1) is 0 Å². The van der Waals surface area contributed by atoms with Gasteiger partial charge in [-0.3, -0.25) is 4.84 Å². The van der Waals surface area contributed by atoms with E-state index in [0.29, 0.717) is 13.2 Å². The Bertz CT molecular complexity index is 109. The molecule has 0 aliphatic carbocycles. The molecule has 0 fully saturated rings. The Morgan fingerprint density at radius 3 is 1.93 bits per heavy atom. The summed E-state index contributed by atoms with van der Waals surface area (Å²) in [6.07, 6.45) is 1.38. The average molecular weight is 207 g/mol. The zero-order chi connectivity index (χ0) is 10.8. The molecule has 0 radical (unpaired) electrons. The molecule has 0 bridgehead atoms. The molecule has 2 unspecified atom stereocenters. The van der Waals surface area contributed by atoms with Crippen LogP contribution in [0.4, 0.5) is 0 Å². The minimum absolute atomic E-state index is 0.137. The number of ether oxygens (including phenoxy) is 3. The molecular formula is C9H21NO4. The summed E-state index contributed by atoms with van der Waals surface area (Å²) in [5, 5.41) is 0. The molecule has 0 aliphatic heterocycles. The van der Waals surface area contributed by atoms with Crippen molar-refractivity contribution in [2.75, 3.05) is 20.3 Å². The number of nitrogens with two attached hydrogens (primary N) is 1. The largest absolute Gasteiger partial charge is 0.356 e. The number of methoxy groups -OCH3 is 1. The summed E-state index contributed by atoms with van der Waals surface area (Å²) in [6, 6.07) is 0. The lowest BCUT2D eigenvalue weighted by molar-refractivity contribution is -0.137. The molecule has 14 heavy (non-hydrogen) atoms. The Kier molecular flexibility index (Phi) is 9.23. The van der Waals surface area contributed by atoms with E-state index < -0.39 is 0 Å². The van der Waals surface area contributed by atoms with E-state index in [1.807, 2.05) is 6.92 Å². The molecule has 0 rings (SSSR count). The normalized spacial score (nSPS) is 15.4. The quantitative estimate of drug-likeness (QED) is 0.347. The highest BCUT2D eigenvalue weighted by molar-refractivity contribution is 4.39. The van der Waals surface area contributed by atoms with Gasteiger partial charge < -0.3 is 14.2 Å². The summed E-state index contributed by atoms with van der Waals surface area (Å²) in [6.45, 7) is 4.92. The van der Waals surface area contributed by atoms with Crippen LogP contribution in [0.1, 0.15) is 26.7 Å². The zero-order valence-corrected chi connectivity index (χ0v) is 9.19. The van der Waals surface area contributed by atoms with Crippen LogP contribution >= 0.6 is 0 Å². The fraction of sp³-hybridized carbons (Fsp3) is 1.00. The third-order valence-electron chi connectivity index (χ3n) is 1.77. The first-order valence-corrected chi connectivity index (χ1v) is 4.82. The van der Waals surface area contributed by atoms with Crippen LogP contribution in [0.5, 0.6) is 0 Å². The lowest BCUT2D eigenvalue weighted by Crippen LogP contribution is -2.18. The second kappa shape index (κ2) is 9.36. The minimum atomic E-state index is -0.339. The first-order valence-electron chi connectivity index (χ1n) is 4.82. The molecule has 0 amide bonds. The van der Waals surface area contributed by atoms with E-state index in [-0.39, 0.29) is 12.6 Å². The van der Waals surface area contributed by atoms with Gasteiger partial charge in [0, 0.05) is 20.3 Å². The maximum absolute atomic E-state index is 5.29. The van der Waals surface area contributed by atoms with Gasteiger partial charge in [0.2, 0.25) is 0 Å². The maximum Gasteiger partial charge on any atom is 0.174 e. The van der Waals surface area contributed by atoms with Gasteiger partial charge in [0.25, 0.3) is 0 Å². The molecule has 2 atom stereocenters. The Hall–Kier alpha value is -0.200. The SMILES string of the molecule is COC(C)OCCCCOC(C)ON. The molecule has 5 heteroatoms. The average Bonchev–Trinajstić information content (AvgIpc) is 2.22. The molecule has 86 valence electrons. The van der Waals surface area contributed by atoms with Crippen molar-refractivity contribution in [2.45, 2.75) is 39.3 Å². The molecule has 0 aromatic heterocycles. The molecule has 0 saturated heterocycles. The van der Waals surface area contributed by atoms with Crippen molar-refractivity contribution in [3.8, 4) is 0 Å². The van der Waals surface area contributed by atoms with E-state index in [2.05, 4.69) is 4.84 Å². The molecule has 5 nitrogen and oxygen atoms in total. The van der Waals surface area contributed by atoms with Gasteiger partial charge in [-0.15, -0.1) is 0 Å². The minimum Gasteiger partial charge on any atom is -0.356 e. The topological polar surface area (TPSA) is 62.9 Å². The molecule has 0 aliphatic rings. The van der Waals surface area contributed by atoms with Crippen LogP contribution in [0.2, 0.25) is 0 Å². The van der Waals surface area contributed by atoms with Crippen LogP contribution in [0.25, 0.3) is 0 Å². The fourth-order valence-electron chi connectivity index (χ4n) is 0.810. The zero-order valence-electron chi connectivity index (χ0n) is 9.19. The van der Waals surface area contributed by atoms with Crippen LogP contribution in [0, 0.1) is 0 Å². The van der Waals surface area contributed by atoms with Gasteiger partial charge in [-0.2, -0.15) is 0 Å². The number of unbranched alkanes of at least 4 members (excludes halogenated alkanes) is 1. The van der Waals surface area contributed by atoms with Crippen molar-refractivity contribution < 1.29 is 19.0 Å². The summed E-state index contributed by atoms with van der Waals surface area (Å²) in [4.78, 5) is 4.44. The summed E-state index contributed by atoms with van der Waals surface area (Å²) in [5.41, 5.74) is 0. The van der Waals surface area contributed by atoms with Gasteiger partial charge in [0.15, 0.2) is 12.6 Å². The van der Waals surface area contributed by atoms with Crippen LogP contribution < -0.4 is 5.90 Å². The Morgan fingerprint density at radius 2 is 1.50 bits per heavy atom. The summed E-state index contributed by atoms with van der Waals surface area (Å²) >= 11 is 0. The second-order valence-corrected chi connectivity index (χ2v) is 2.96. The molecule has 2 N–H and O–H groups in total. The van der Waals surface area contributed by atoms with Crippen LogP contribution in [-0.2, 0) is 19.0 Å². The molecule has 0 heterocycles. The van der Waals surface area contributed by atoms with E-state index in [1.165, 1.54) is 0 Å². The van der Waals surface area contributed by atoms with Gasteiger partial charge in [-0.1, -0.05) is 0 Å². The van der Waals surface area contributed by atoms with E-state index >= 15 is 0 Å². The maximum atomic E-state index is 5.29. The molecule has 0 saturated carbocycles. The number of hydrogen-bond acceptors (Lipinski definition) is 5. The smallest absolute Gasteiger partial charge is 0.174 e. The Morgan fingerprint density at radius 1 is 1.00 bits per heavy atom. The number of hydrogen-bond donors (Lipinski definition) is 1. The van der Waals surface area contributed by atoms with Gasteiger partial charge in [0.1, 0.15) is 0 Å². The molecule has 0 aromatic rings. The lowest BCUT2D eigenvalue weighted by Gasteiger charge is -2.12. The summed E-state index contributed by atoms with van der Waals surface area (Å²) in [7, 11) is 1.62. The van der Waals surface area contributed by atoms with E-state index in [0.717, 1.165) is 12.8 Å². The third-order valence-corrected chi connectivity index (χ3v) is 1.77. The van der Waals surface area contributed by atoms with Gasteiger partial charge in [-0.05, 0) is 26.7 Å². The lowest BCUT2D eigenvalue weighted by atomic mass is 10.3. The van der Waals surface area contributed by atoms with E-state index in [4.69, 9.17) is 20.1 Å². The Balaban J connectivity index is 3.06. The highest BCUT2D eigenvalue weighted by atomic mass is 16.7. The van der Waals surface area contributed by atoms with Crippen LogP contribution in [0.15, 0.2) is 0 Å². The van der Waals surface area contributed by atoms with E-state index in [1.54, 1.807) is 14.0 Å². The van der Waals surface area contributed by atoms with Crippen LogP contribution in [0.3, 0.4) is 0 Å². The first-order chi connectivity index (χ1) is 6.70. The predicted molar refractivity (Wildman–Crippen MR) is 52.3 cm³/mol. The van der Waals surface area contributed by atoms with Crippen LogP contribution in [-0.4, -0.2) is 32.9 Å². The Labute approximate surface area is 85.4 Å². The number of rotatable bonds is 9. The first kappa shape index (κ1) is 13.8. The van der Waals surface area contributed by atoms with Crippen molar-refractivity contribution in [1.29, 1.82) is 0 Å². The monoisotopic (exact) mass is 207 g/mol. The predicted octanol–water partition coefficient (Wildman–Crippen LogP) is 1.03. The van der Waals surface area contributed by atoms with Crippen molar-refractivity contribution in [3.63, 3.8) is 0 Å². The third kappa shape index (κ3) is 8.40. The van der Waals surface area contributed by atoms with Crippen molar-refractivity contribution in [3.05, 3.63) is 0 Å². The highest BCUT2D eigenvalue weighted by Crippen LogP contribution is 1.98. The molecule has 0 spiro atoms. The second-order valence-electron chi connectivity index (χ2n) is 2.96. The van der Waals surface area contributed by atoms with Gasteiger partial charge >= 0.3 is 0 Å². The molecule has 0 aromatic carbocycles. The fourth-order valence-corrected chi connectivity index (χ4v) is 0.810. The highest BCUT2D eigenvalue weighted by Gasteiger charge is 2.00. The summed E-state index contributed by atoms with van der Waals surface area (Å²) in [5.74, 6) is 4.90. The van der Waals surface area contributed by atoms with Crippen molar-refractivity contribution in [1.82, 2.24) is 0 Å². The van der Waals surface area contributed by atoms with Crippen molar-refractivity contribution >= 4 is 0 Å². The van der Waals surface area contributed by atoms with E-state index in [9.17, 15) is 0 Å². The standard InChI is InChI=1S/C9H21NO4/c1-8(11-3)12-6-4-5-7-13-9(2)14-10/h8-9H,4-7,10H2,1-3H3. The van der Waals surface area contributed by atoms with Gasteiger partial charge in [-0.25, -0.2) is 5.90 Å². The van der Waals surface area contributed by atoms with Crippen molar-refractivity contribution in [2.24, 2.45) is 5.90 Å². The summed E-state index contributed by atoms with van der Waals surface area (Å²) < 4.78 is 15.4.